The van der Waals surface area contributed by atoms with E-state index in [4.69, 9.17) is 4.74 Å². The van der Waals surface area contributed by atoms with Crippen LogP contribution in [0, 0.1) is 6.92 Å². The van der Waals surface area contributed by atoms with Gasteiger partial charge >= 0.3 is 0 Å². The maximum atomic E-state index is 12.7. The summed E-state index contributed by atoms with van der Waals surface area (Å²) in [5, 5.41) is 3.13. The van der Waals surface area contributed by atoms with Gasteiger partial charge in [-0.15, -0.1) is 11.3 Å². The molecule has 1 heterocycles. The maximum absolute atomic E-state index is 12.7. The van der Waals surface area contributed by atoms with E-state index in [0.29, 0.717) is 5.56 Å². The minimum atomic E-state index is 0.0591. The molecule has 1 aromatic heterocycles. The van der Waals surface area contributed by atoms with Gasteiger partial charge in [0.15, 0.2) is 5.78 Å². The first kappa shape index (κ1) is 12.9. The fourth-order valence-electron chi connectivity index (χ4n) is 2.35. The second kappa shape index (κ2) is 5.10. The average molecular weight is 282 g/mol. The number of ether oxygens (including phenoxy) is 1. The molecule has 2 nitrogen and oxygen atoms in total. The van der Waals surface area contributed by atoms with Crippen molar-refractivity contribution < 1.29 is 9.53 Å². The van der Waals surface area contributed by atoms with Crippen LogP contribution in [0.4, 0.5) is 0 Å². The van der Waals surface area contributed by atoms with Gasteiger partial charge in [0.1, 0.15) is 5.75 Å². The quantitative estimate of drug-likeness (QED) is 0.663. The molecule has 0 aliphatic rings. The molecule has 0 saturated heterocycles. The molecule has 0 spiro atoms. The molecule has 0 atom stereocenters. The summed E-state index contributed by atoms with van der Waals surface area (Å²) in [4.78, 5) is 12.7. The largest absolute Gasteiger partial charge is 0.496 e. The molecule has 0 saturated carbocycles. The highest BCUT2D eigenvalue weighted by atomic mass is 32.1. The van der Waals surface area contributed by atoms with Crippen LogP contribution >= 0.6 is 11.3 Å². The van der Waals surface area contributed by atoms with Crippen LogP contribution in [0.15, 0.2) is 47.8 Å². The fourth-order valence-corrected chi connectivity index (χ4v) is 3.26. The monoisotopic (exact) mass is 282 g/mol. The Labute approximate surface area is 121 Å². The van der Waals surface area contributed by atoms with Crippen molar-refractivity contribution in [3.05, 3.63) is 64.5 Å². The van der Waals surface area contributed by atoms with Crippen LogP contribution < -0.4 is 4.74 Å². The Morgan fingerprint density at radius 3 is 2.75 bits per heavy atom. The molecule has 3 aromatic rings. The number of methoxy groups -OCH3 is 1. The summed E-state index contributed by atoms with van der Waals surface area (Å²) >= 11 is 1.60. The summed E-state index contributed by atoms with van der Waals surface area (Å²) in [5.74, 6) is 0.861. The lowest BCUT2D eigenvalue weighted by atomic mass is 10.0. The van der Waals surface area contributed by atoms with E-state index < -0.39 is 0 Å². The van der Waals surface area contributed by atoms with Crippen LogP contribution in [-0.4, -0.2) is 12.9 Å². The number of fused-ring (bicyclic) bond motifs is 1. The van der Waals surface area contributed by atoms with Crippen molar-refractivity contribution >= 4 is 27.2 Å². The average Bonchev–Trinajstić information content (AvgIpc) is 2.94. The first-order valence-electron chi connectivity index (χ1n) is 6.36. The summed E-state index contributed by atoms with van der Waals surface area (Å²) in [6, 6.07) is 13.4. The number of hydrogen-bond acceptors (Lipinski definition) is 3. The Hall–Kier alpha value is -2.13. The van der Waals surface area contributed by atoms with Crippen LogP contribution in [0.2, 0.25) is 0 Å². The number of carbonyl (C=O) groups excluding carboxylic acids is 1. The van der Waals surface area contributed by atoms with Crippen molar-refractivity contribution in [1.29, 1.82) is 0 Å². The Kier molecular flexibility index (Phi) is 3.28. The fraction of sp³-hybridized carbons (Fsp3) is 0.118. The third-order valence-corrected chi connectivity index (χ3v) is 4.34. The van der Waals surface area contributed by atoms with Gasteiger partial charge in [-0.1, -0.05) is 12.1 Å². The Bertz CT molecular complexity index is 787. The predicted octanol–water partition coefficient (Wildman–Crippen LogP) is 4.45. The van der Waals surface area contributed by atoms with E-state index in [1.807, 2.05) is 54.8 Å². The maximum Gasteiger partial charge on any atom is 0.194 e. The van der Waals surface area contributed by atoms with E-state index in [9.17, 15) is 4.79 Å². The van der Waals surface area contributed by atoms with Gasteiger partial charge < -0.3 is 4.74 Å². The van der Waals surface area contributed by atoms with Crippen molar-refractivity contribution in [2.75, 3.05) is 7.11 Å². The zero-order valence-electron chi connectivity index (χ0n) is 11.3. The zero-order chi connectivity index (χ0) is 14.1. The van der Waals surface area contributed by atoms with Gasteiger partial charge in [0, 0.05) is 15.8 Å². The van der Waals surface area contributed by atoms with E-state index >= 15 is 0 Å². The molecule has 2 aromatic carbocycles. The standard InChI is InChI=1S/C17H14O2S/c1-11-10-13(6-7-15(11)19-2)16(18)14-5-3-4-12-8-9-20-17(12)14/h3-10H,1-2H3. The molecule has 0 aliphatic carbocycles. The highest BCUT2D eigenvalue weighted by molar-refractivity contribution is 7.17. The SMILES string of the molecule is COc1ccc(C(=O)c2cccc3ccsc23)cc1C. The van der Waals surface area contributed by atoms with Crippen LogP contribution in [0.5, 0.6) is 5.75 Å². The van der Waals surface area contributed by atoms with Crippen molar-refractivity contribution in [1.82, 2.24) is 0 Å². The molecular weight excluding hydrogens is 268 g/mol. The Balaban J connectivity index is 2.08. The first-order chi connectivity index (χ1) is 9.70. The van der Waals surface area contributed by atoms with Crippen LogP contribution in [0.25, 0.3) is 10.1 Å². The first-order valence-corrected chi connectivity index (χ1v) is 7.24. The second-order valence-corrected chi connectivity index (χ2v) is 5.57. The summed E-state index contributed by atoms with van der Waals surface area (Å²) in [7, 11) is 1.64. The van der Waals surface area contributed by atoms with Crippen molar-refractivity contribution in [3.8, 4) is 5.75 Å². The van der Waals surface area contributed by atoms with Gasteiger partial charge in [0.25, 0.3) is 0 Å². The van der Waals surface area contributed by atoms with Crippen molar-refractivity contribution in [3.63, 3.8) is 0 Å². The van der Waals surface area contributed by atoms with Crippen LogP contribution in [-0.2, 0) is 0 Å². The van der Waals surface area contributed by atoms with Gasteiger partial charge in [0.2, 0.25) is 0 Å². The minimum absolute atomic E-state index is 0.0591. The van der Waals surface area contributed by atoms with Gasteiger partial charge in [-0.2, -0.15) is 0 Å². The van der Waals surface area contributed by atoms with E-state index in [2.05, 4.69) is 0 Å². The third-order valence-electron chi connectivity index (χ3n) is 3.38. The van der Waals surface area contributed by atoms with E-state index in [0.717, 1.165) is 27.0 Å². The number of aryl methyl sites for hydroxylation is 1. The normalized spacial score (nSPS) is 10.7. The number of thiophene rings is 1. The molecule has 100 valence electrons. The van der Waals surface area contributed by atoms with Gasteiger partial charge in [-0.25, -0.2) is 0 Å². The molecule has 0 amide bonds. The van der Waals surface area contributed by atoms with Crippen LogP contribution in [0.3, 0.4) is 0 Å². The zero-order valence-corrected chi connectivity index (χ0v) is 12.2. The van der Waals surface area contributed by atoms with E-state index in [1.165, 1.54) is 0 Å². The highest BCUT2D eigenvalue weighted by Crippen LogP contribution is 2.27. The number of ketones is 1. The lowest BCUT2D eigenvalue weighted by molar-refractivity contribution is 0.104. The smallest absolute Gasteiger partial charge is 0.194 e. The van der Waals surface area contributed by atoms with E-state index in [1.54, 1.807) is 18.4 Å². The molecule has 3 rings (SSSR count). The second-order valence-electron chi connectivity index (χ2n) is 4.66. The minimum Gasteiger partial charge on any atom is -0.496 e. The van der Waals surface area contributed by atoms with Crippen molar-refractivity contribution in [2.45, 2.75) is 6.92 Å². The molecular formula is C17H14O2S. The molecule has 0 unspecified atom stereocenters. The summed E-state index contributed by atoms with van der Waals surface area (Å²) in [5.41, 5.74) is 2.43. The van der Waals surface area contributed by atoms with Gasteiger partial charge in [-0.05, 0) is 53.6 Å². The lowest BCUT2D eigenvalue weighted by Crippen LogP contribution is -2.02. The van der Waals surface area contributed by atoms with Crippen LogP contribution in [0.1, 0.15) is 21.5 Å². The third kappa shape index (κ3) is 2.10. The predicted molar refractivity (Wildman–Crippen MR) is 83.0 cm³/mol. The Morgan fingerprint density at radius 2 is 2.00 bits per heavy atom. The topological polar surface area (TPSA) is 26.3 Å². The van der Waals surface area contributed by atoms with Crippen molar-refractivity contribution in [2.24, 2.45) is 0 Å². The summed E-state index contributed by atoms with van der Waals surface area (Å²) in [6.45, 7) is 1.95. The van der Waals surface area contributed by atoms with Gasteiger partial charge in [0.05, 0.1) is 7.11 Å². The molecule has 0 fully saturated rings. The molecule has 3 heteroatoms. The molecule has 20 heavy (non-hydrogen) atoms. The molecule has 0 radical (unpaired) electrons. The lowest BCUT2D eigenvalue weighted by Gasteiger charge is -2.07. The summed E-state index contributed by atoms with van der Waals surface area (Å²) < 4.78 is 6.28. The molecule has 0 N–H and O–H groups in total. The number of carbonyl (C=O) groups is 1. The number of hydrogen-bond donors (Lipinski definition) is 0. The highest BCUT2D eigenvalue weighted by Gasteiger charge is 2.14. The van der Waals surface area contributed by atoms with Gasteiger partial charge in [-0.3, -0.25) is 4.79 Å². The number of rotatable bonds is 3. The number of benzene rings is 2. The Morgan fingerprint density at radius 1 is 1.15 bits per heavy atom. The molecule has 0 bridgehead atoms. The summed E-state index contributed by atoms with van der Waals surface area (Å²) in [6.07, 6.45) is 0. The van der Waals surface area contributed by atoms with E-state index in [-0.39, 0.29) is 5.78 Å². The molecule has 0 aliphatic heterocycles.